The summed E-state index contributed by atoms with van der Waals surface area (Å²) in [6, 6.07) is 0. The number of hydrogen-bond donors (Lipinski definition) is 1. The van der Waals surface area contributed by atoms with Crippen molar-refractivity contribution in [1.29, 1.82) is 0 Å². The van der Waals surface area contributed by atoms with Crippen LogP contribution in [0.1, 0.15) is 194 Å². The third-order valence-corrected chi connectivity index (χ3v) is 10.5. The van der Waals surface area contributed by atoms with Crippen LogP contribution in [0.15, 0.2) is 36.5 Å². The fourth-order valence-electron chi connectivity index (χ4n) is 7.15. The molecule has 1 fully saturated rings. The summed E-state index contributed by atoms with van der Waals surface area (Å²) in [5.74, 6) is 0.0957. The molecule has 1 atom stereocenters. The number of hydrogen-bond acceptors (Lipinski definition) is 4. The SMILES string of the molecule is CCCCC/C=C\C/C=C\CCCCCCCC(=O)N(CCCN(C)C)C1(C(=O)NCCCCCCCC/C=C\CCCCCCCC)CCOC1. The van der Waals surface area contributed by atoms with Gasteiger partial charge >= 0.3 is 0 Å². The Hall–Kier alpha value is -1.92. The molecular weight excluding hydrogens is 643 g/mol. The Morgan fingerprint density at radius 1 is 0.596 bits per heavy atom. The standard InChI is InChI=1S/C46H85N3O3/c1-5-7-9-11-13-15-17-19-21-23-25-27-29-31-33-35-39-47-45(51)46(38-42-52-43-46)49(41-36-40-48(3)4)44(50)37-34-32-30-28-26-24-22-20-18-16-14-12-10-8-6-2/h14,16,19-22H,5-13,15,17-18,23-43H2,1-4H3,(H,47,51)/b16-14-,21-19-,22-20-. The van der Waals surface area contributed by atoms with E-state index in [9.17, 15) is 9.59 Å². The number of amides is 2. The molecule has 0 radical (unpaired) electrons. The van der Waals surface area contributed by atoms with Gasteiger partial charge in [-0.15, -0.1) is 0 Å². The first kappa shape index (κ1) is 48.1. The monoisotopic (exact) mass is 728 g/mol. The Balaban J connectivity index is 2.35. The minimum absolute atomic E-state index is 0.0176. The number of rotatable bonds is 36. The molecule has 1 aliphatic heterocycles. The average Bonchev–Trinajstić information content (AvgIpc) is 3.64. The molecule has 6 heteroatoms. The molecule has 1 aliphatic rings. The van der Waals surface area contributed by atoms with Gasteiger partial charge in [0, 0.05) is 32.5 Å². The molecule has 1 N–H and O–H groups in total. The number of ether oxygens (including phenoxy) is 1. The Labute approximate surface area is 323 Å². The molecule has 0 aromatic carbocycles. The topological polar surface area (TPSA) is 61.9 Å². The number of unbranched alkanes of at least 4 members (excludes halogenated alkanes) is 20. The van der Waals surface area contributed by atoms with Gasteiger partial charge in [0.1, 0.15) is 5.54 Å². The second-order valence-electron chi connectivity index (χ2n) is 15.7. The molecule has 302 valence electrons. The number of allylic oxidation sites excluding steroid dienone is 6. The zero-order chi connectivity index (χ0) is 37.8. The lowest BCUT2D eigenvalue weighted by Crippen LogP contribution is -2.62. The average molecular weight is 728 g/mol. The van der Waals surface area contributed by atoms with Gasteiger partial charge in [-0.1, -0.05) is 140 Å². The normalized spacial score (nSPS) is 16.3. The Morgan fingerprint density at radius 3 is 1.62 bits per heavy atom. The van der Waals surface area contributed by atoms with Crippen LogP contribution >= 0.6 is 0 Å². The van der Waals surface area contributed by atoms with Crippen LogP contribution in [0.5, 0.6) is 0 Å². The molecule has 1 heterocycles. The lowest BCUT2D eigenvalue weighted by molar-refractivity contribution is -0.148. The Morgan fingerprint density at radius 2 is 1.08 bits per heavy atom. The molecule has 0 aliphatic carbocycles. The van der Waals surface area contributed by atoms with E-state index in [1.165, 1.54) is 116 Å². The molecule has 52 heavy (non-hydrogen) atoms. The predicted octanol–water partition coefficient (Wildman–Crippen LogP) is 11.9. The smallest absolute Gasteiger partial charge is 0.248 e. The summed E-state index contributed by atoms with van der Waals surface area (Å²) in [5, 5.41) is 3.23. The number of carbonyl (C=O) groups excluding carboxylic acids is 2. The van der Waals surface area contributed by atoms with Crippen LogP contribution in [0.4, 0.5) is 0 Å². The van der Waals surface area contributed by atoms with E-state index in [-0.39, 0.29) is 11.8 Å². The predicted molar refractivity (Wildman–Crippen MR) is 225 cm³/mol. The molecule has 2 amide bonds. The zero-order valence-electron chi connectivity index (χ0n) is 34.9. The van der Waals surface area contributed by atoms with E-state index in [4.69, 9.17) is 4.74 Å². The van der Waals surface area contributed by atoms with E-state index in [2.05, 4.69) is 74.6 Å². The molecule has 1 saturated heterocycles. The first-order chi connectivity index (χ1) is 25.5. The van der Waals surface area contributed by atoms with Crippen molar-refractivity contribution < 1.29 is 14.3 Å². The first-order valence-corrected chi connectivity index (χ1v) is 22.2. The Kier molecular flexibility index (Phi) is 32.2. The maximum absolute atomic E-state index is 13.8. The van der Waals surface area contributed by atoms with Crippen molar-refractivity contribution in [3.63, 3.8) is 0 Å². The van der Waals surface area contributed by atoms with Gasteiger partial charge in [0.25, 0.3) is 0 Å². The van der Waals surface area contributed by atoms with Gasteiger partial charge in [-0.3, -0.25) is 9.59 Å². The summed E-state index contributed by atoms with van der Waals surface area (Å²) < 4.78 is 5.83. The van der Waals surface area contributed by atoms with Gasteiger partial charge < -0.3 is 19.9 Å². The van der Waals surface area contributed by atoms with Gasteiger partial charge in [-0.25, -0.2) is 0 Å². The first-order valence-electron chi connectivity index (χ1n) is 22.2. The number of nitrogens with one attached hydrogen (secondary N) is 1. The minimum atomic E-state index is -0.872. The van der Waals surface area contributed by atoms with Gasteiger partial charge in [0.15, 0.2) is 0 Å². The third kappa shape index (κ3) is 25.2. The van der Waals surface area contributed by atoms with Crippen LogP contribution in [0, 0.1) is 0 Å². The highest BCUT2D eigenvalue weighted by molar-refractivity contribution is 5.92. The molecular formula is C46H85N3O3. The van der Waals surface area contributed by atoms with Crippen molar-refractivity contribution in [1.82, 2.24) is 15.1 Å². The summed E-state index contributed by atoms with van der Waals surface area (Å²) in [7, 11) is 4.12. The molecule has 0 aromatic rings. The van der Waals surface area contributed by atoms with Crippen LogP contribution in [0.3, 0.4) is 0 Å². The van der Waals surface area contributed by atoms with Crippen molar-refractivity contribution in [3.8, 4) is 0 Å². The highest BCUT2D eigenvalue weighted by atomic mass is 16.5. The minimum Gasteiger partial charge on any atom is -0.378 e. The highest BCUT2D eigenvalue weighted by Gasteiger charge is 2.48. The largest absolute Gasteiger partial charge is 0.378 e. The molecule has 0 aromatic heterocycles. The zero-order valence-corrected chi connectivity index (χ0v) is 34.9. The van der Waals surface area contributed by atoms with E-state index in [1.54, 1.807) is 0 Å². The van der Waals surface area contributed by atoms with Crippen molar-refractivity contribution in [2.24, 2.45) is 0 Å². The van der Waals surface area contributed by atoms with Crippen LogP contribution in [-0.2, 0) is 14.3 Å². The van der Waals surface area contributed by atoms with Crippen LogP contribution in [-0.4, -0.2) is 74.1 Å². The van der Waals surface area contributed by atoms with Crippen molar-refractivity contribution in [2.75, 3.05) is 46.9 Å². The lowest BCUT2D eigenvalue weighted by Gasteiger charge is -2.39. The molecule has 1 rings (SSSR count). The Bertz CT molecular complexity index is 922. The van der Waals surface area contributed by atoms with E-state index in [1.807, 2.05) is 4.90 Å². The quantitative estimate of drug-likeness (QED) is 0.0515. The third-order valence-electron chi connectivity index (χ3n) is 10.5. The fourth-order valence-corrected chi connectivity index (χ4v) is 7.15. The second-order valence-corrected chi connectivity index (χ2v) is 15.7. The molecule has 0 bridgehead atoms. The van der Waals surface area contributed by atoms with Crippen LogP contribution < -0.4 is 5.32 Å². The summed E-state index contributed by atoms with van der Waals surface area (Å²) in [6.45, 7) is 7.53. The van der Waals surface area contributed by atoms with E-state index in [0.717, 1.165) is 57.9 Å². The van der Waals surface area contributed by atoms with E-state index in [0.29, 0.717) is 39.1 Å². The van der Waals surface area contributed by atoms with E-state index >= 15 is 0 Å². The van der Waals surface area contributed by atoms with Crippen LogP contribution in [0.2, 0.25) is 0 Å². The van der Waals surface area contributed by atoms with Gasteiger partial charge in [-0.2, -0.15) is 0 Å². The number of nitrogens with zero attached hydrogens (tertiary/aromatic N) is 2. The van der Waals surface area contributed by atoms with Gasteiger partial charge in [0.05, 0.1) is 6.61 Å². The fraction of sp³-hybridized carbons (Fsp3) is 0.826. The van der Waals surface area contributed by atoms with Crippen molar-refractivity contribution in [2.45, 2.75) is 199 Å². The maximum atomic E-state index is 13.8. The summed E-state index contributed by atoms with van der Waals surface area (Å²) in [4.78, 5) is 31.6. The number of carbonyl (C=O) groups is 2. The van der Waals surface area contributed by atoms with Crippen molar-refractivity contribution >= 4 is 11.8 Å². The second kappa shape index (κ2) is 34.8. The lowest BCUT2D eigenvalue weighted by atomic mass is 9.93. The molecule has 0 spiro atoms. The van der Waals surface area contributed by atoms with Gasteiger partial charge in [-0.05, 0) is 97.7 Å². The summed E-state index contributed by atoms with van der Waals surface area (Å²) in [6.07, 6.45) is 46.6. The molecule has 1 unspecified atom stereocenters. The summed E-state index contributed by atoms with van der Waals surface area (Å²) >= 11 is 0. The highest BCUT2D eigenvalue weighted by Crippen LogP contribution is 2.29. The maximum Gasteiger partial charge on any atom is 0.248 e. The van der Waals surface area contributed by atoms with Crippen LogP contribution in [0.25, 0.3) is 0 Å². The molecule has 6 nitrogen and oxygen atoms in total. The van der Waals surface area contributed by atoms with Crippen molar-refractivity contribution in [3.05, 3.63) is 36.5 Å². The molecule has 0 saturated carbocycles. The van der Waals surface area contributed by atoms with Gasteiger partial charge in [0.2, 0.25) is 11.8 Å². The van der Waals surface area contributed by atoms with E-state index < -0.39 is 5.54 Å². The summed E-state index contributed by atoms with van der Waals surface area (Å²) in [5.41, 5.74) is -0.872.